The molecule has 5 nitrogen and oxygen atoms in total. The van der Waals surface area contributed by atoms with Crippen molar-refractivity contribution in [2.45, 2.75) is 25.3 Å². The third-order valence-electron chi connectivity index (χ3n) is 4.49. The molecule has 2 aromatic carbocycles. The fourth-order valence-corrected chi connectivity index (χ4v) is 3.24. The van der Waals surface area contributed by atoms with Crippen molar-refractivity contribution in [2.24, 2.45) is 0 Å². The second kappa shape index (κ2) is 6.00. The summed E-state index contributed by atoms with van der Waals surface area (Å²) in [6.45, 7) is 2.10. The Labute approximate surface area is 140 Å². The number of carbonyl (C=O) groups excluding carboxylic acids is 1. The number of rotatable bonds is 5. The van der Waals surface area contributed by atoms with E-state index in [2.05, 4.69) is 0 Å². The molecule has 0 saturated heterocycles. The van der Waals surface area contributed by atoms with Gasteiger partial charge in [0.2, 0.25) is 5.91 Å². The summed E-state index contributed by atoms with van der Waals surface area (Å²) in [6.07, 6.45) is -0.253. The van der Waals surface area contributed by atoms with Crippen LogP contribution in [0.5, 0.6) is 5.75 Å². The van der Waals surface area contributed by atoms with Crippen molar-refractivity contribution in [3.05, 3.63) is 59.7 Å². The predicted molar refractivity (Wildman–Crippen MR) is 90.2 cm³/mol. The Kier molecular flexibility index (Phi) is 4.01. The summed E-state index contributed by atoms with van der Waals surface area (Å²) in [5, 5.41) is 9.28. The van der Waals surface area contributed by atoms with Gasteiger partial charge in [0.25, 0.3) is 0 Å². The van der Waals surface area contributed by atoms with Crippen LogP contribution in [0.1, 0.15) is 24.5 Å². The molecule has 0 fully saturated rings. The fraction of sp³-hybridized carbons (Fsp3) is 0.263. The summed E-state index contributed by atoms with van der Waals surface area (Å²) in [5.74, 6) is -0.585. The van der Waals surface area contributed by atoms with Gasteiger partial charge in [-0.25, -0.2) is 0 Å². The van der Waals surface area contributed by atoms with E-state index in [4.69, 9.17) is 4.74 Å². The molecule has 2 aromatic rings. The first-order valence-corrected chi connectivity index (χ1v) is 7.72. The molecule has 1 aliphatic rings. The van der Waals surface area contributed by atoms with Gasteiger partial charge in [-0.1, -0.05) is 30.3 Å². The Hall–Kier alpha value is -2.82. The van der Waals surface area contributed by atoms with Crippen LogP contribution in [-0.4, -0.2) is 24.1 Å². The molecular weight excluding hydrogens is 306 g/mol. The van der Waals surface area contributed by atoms with Crippen molar-refractivity contribution in [3.63, 3.8) is 0 Å². The number of amides is 1. The molecule has 124 valence electrons. The highest BCUT2D eigenvalue weighted by atomic mass is 16.5. The zero-order valence-electron chi connectivity index (χ0n) is 13.7. The van der Waals surface area contributed by atoms with Crippen molar-refractivity contribution < 1.29 is 19.4 Å². The van der Waals surface area contributed by atoms with Crippen LogP contribution in [0.15, 0.2) is 48.5 Å². The minimum atomic E-state index is -1.09. The summed E-state index contributed by atoms with van der Waals surface area (Å²) in [5.41, 5.74) is 1.34. The number of ether oxygens (including phenoxy) is 1. The second-order valence-electron chi connectivity index (χ2n) is 6.16. The van der Waals surface area contributed by atoms with Crippen molar-refractivity contribution in [1.29, 1.82) is 0 Å². The number of benzene rings is 2. The molecule has 0 aromatic heterocycles. The van der Waals surface area contributed by atoms with Crippen LogP contribution in [0.3, 0.4) is 0 Å². The van der Waals surface area contributed by atoms with Gasteiger partial charge in [-0.15, -0.1) is 0 Å². The highest BCUT2D eigenvalue weighted by molar-refractivity contribution is 6.09. The van der Waals surface area contributed by atoms with Gasteiger partial charge in [0, 0.05) is 5.69 Å². The third kappa shape index (κ3) is 2.62. The molecule has 0 saturated carbocycles. The van der Waals surface area contributed by atoms with Crippen molar-refractivity contribution in [3.8, 4) is 5.75 Å². The van der Waals surface area contributed by atoms with E-state index in [-0.39, 0.29) is 12.3 Å². The molecule has 0 radical (unpaired) electrons. The predicted octanol–water partition coefficient (Wildman–Crippen LogP) is 2.97. The quantitative estimate of drug-likeness (QED) is 0.918. The molecule has 0 bridgehead atoms. The fourth-order valence-electron chi connectivity index (χ4n) is 3.24. The van der Waals surface area contributed by atoms with Gasteiger partial charge in [-0.3, -0.25) is 9.59 Å². The molecule has 0 unspecified atom stereocenters. The summed E-state index contributed by atoms with van der Waals surface area (Å²) in [6, 6.07) is 15.0. The summed E-state index contributed by atoms with van der Waals surface area (Å²) in [7, 11) is 1.55. The first-order chi connectivity index (χ1) is 11.5. The van der Waals surface area contributed by atoms with Crippen LogP contribution in [0.2, 0.25) is 0 Å². The Morgan fingerprint density at radius 2 is 1.92 bits per heavy atom. The molecule has 5 heteroatoms. The smallest absolute Gasteiger partial charge is 0.304 e. The van der Waals surface area contributed by atoms with Crippen molar-refractivity contribution in [1.82, 2.24) is 0 Å². The van der Waals surface area contributed by atoms with Crippen LogP contribution in [-0.2, 0) is 21.5 Å². The molecule has 1 aliphatic heterocycles. The van der Waals surface area contributed by atoms with E-state index in [1.807, 2.05) is 36.4 Å². The average Bonchev–Trinajstić information content (AvgIpc) is 2.77. The van der Waals surface area contributed by atoms with Crippen LogP contribution in [0, 0.1) is 0 Å². The van der Waals surface area contributed by atoms with E-state index in [1.165, 1.54) is 0 Å². The highest BCUT2D eigenvalue weighted by Crippen LogP contribution is 2.46. The third-order valence-corrected chi connectivity index (χ3v) is 4.49. The van der Waals surface area contributed by atoms with Crippen molar-refractivity contribution in [2.75, 3.05) is 12.0 Å². The minimum Gasteiger partial charge on any atom is -0.497 e. The largest absolute Gasteiger partial charge is 0.497 e. The lowest BCUT2D eigenvalue weighted by Crippen LogP contribution is -2.39. The topological polar surface area (TPSA) is 66.8 Å². The molecule has 1 N–H and O–H groups in total. The van der Waals surface area contributed by atoms with Gasteiger partial charge in [0.1, 0.15) is 5.75 Å². The lowest BCUT2D eigenvalue weighted by molar-refractivity contribution is -0.141. The number of carboxylic acids is 1. The maximum Gasteiger partial charge on any atom is 0.304 e. The lowest BCUT2D eigenvalue weighted by atomic mass is 9.80. The van der Waals surface area contributed by atoms with E-state index in [0.29, 0.717) is 17.9 Å². The Morgan fingerprint density at radius 1 is 1.21 bits per heavy atom. The van der Waals surface area contributed by atoms with Gasteiger partial charge >= 0.3 is 5.97 Å². The van der Waals surface area contributed by atoms with Crippen LogP contribution < -0.4 is 9.64 Å². The first kappa shape index (κ1) is 16.1. The van der Waals surface area contributed by atoms with Crippen LogP contribution in [0.4, 0.5) is 5.69 Å². The number of carboxylic acid groups (broad SMARTS) is 1. The average molecular weight is 325 g/mol. The van der Waals surface area contributed by atoms with Crippen LogP contribution in [0.25, 0.3) is 0 Å². The summed E-state index contributed by atoms with van der Waals surface area (Å²) >= 11 is 0. The number of hydrogen-bond acceptors (Lipinski definition) is 3. The van der Waals surface area contributed by atoms with Gasteiger partial charge < -0.3 is 14.7 Å². The highest BCUT2D eigenvalue weighted by Gasteiger charge is 2.48. The Morgan fingerprint density at radius 3 is 2.54 bits per heavy atom. The van der Waals surface area contributed by atoms with Gasteiger partial charge in [0.05, 0.1) is 25.5 Å². The lowest BCUT2D eigenvalue weighted by Gasteiger charge is -2.23. The second-order valence-corrected chi connectivity index (χ2v) is 6.16. The van der Waals surface area contributed by atoms with E-state index in [1.54, 1.807) is 31.1 Å². The molecule has 1 heterocycles. The van der Waals surface area contributed by atoms with E-state index < -0.39 is 11.4 Å². The zero-order chi connectivity index (χ0) is 17.3. The van der Waals surface area contributed by atoms with Gasteiger partial charge in [-0.05, 0) is 36.2 Å². The van der Waals surface area contributed by atoms with E-state index >= 15 is 0 Å². The number of methoxy groups -OCH3 is 1. The first-order valence-electron chi connectivity index (χ1n) is 7.72. The number of hydrogen-bond donors (Lipinski definition) is 1. The molecular formula is C19H19NO4. The number of aliphatic carboxylic acids is 1. The molecule has 1 atom stereocenters. The summed E-state index contributed by atoms with van der Waals surface area (Å²) in [4.78, 5) is 26.0. The normalized spacial score (nSPS) is 19.2. The monoisotopic (exact) mass is 325 g/mol. The van der Waals surface area contributed by atoms with Gasteiger partial charge in [0.15, 0.2) is 0 Å². The van der Waals surface area contributed by atoms with E-state index in [9.17, 15) is 14.7 Å². The molecule has 3 rings (SSSR count). The Balaban J connectivity index is 2.07. The number of nitrogens with zero attached hydrogens (tertiary/aromatic N) is 1. The van der Waals surface area contributed by atoms with E-state index in [0.717, 1.165) is 11.3 Å². The van der Waals surface area contributed by atoms with Gasteiger partial charge in [-0.2, -0.15) is 0 Å². The maximum absolute atomic E-state index is 13.0. The molecule has 0 spiro atoms. The molecule has 24 heavy (non-hydrogen) atoms. The summed E-state index contributed by atoms with van der Waals surface area (Å²) < 4.78 is 5.25. The van der Waals surface area contributed by atoms with Crippen molar-refractivity contribution >= 4 is 17.6 Å². The number of carbonyl (C=O) groups is 2. The zero-order valence-corrected chi connectivity index (χ0v) is 13.7. The number of fused-ring (bicyclic) bond motifs is 1. The standard InChI is InChI=1S/C19H19NO4/c1-19(11-17(21)22)15-10-14(24-2)8-9-16(15)20(18(19)23)12-13-6-4-3-5-7-13/h3-10H,11-12H2,1-2H3,(H,21,22)/t19-/m1/s1. The van der Waals surface area contributed by atoms with Crippen LogP contribution >= 0.6 is 0 Å². The SMILES string of the molecule is COc1ccc2c(c1)[C@@](C)(CC(=O)O)C(=O)N2Cc1ccccc1. The molecule has 1 amide bonds. The molecule has 0 aliphatic carbocycles. The minimum absolute atomic E-state index is 0.197. The maximum atomic E-state index is 13.0. The Bertz CT molecular complexity index is 787. The number of anilines is 1.